The summed E-state index contributed by atoms with van der Waals surface area (Å²) in [6.07, 6.45) is -0.264. The second-order valence-corrected chi connectivity index (χ2v) is 2.98. The van der Waals surface area contributed by atoms with Crippen LogP contribution in [-0.2, 0) is 9.53 Å². The normalized spacial score (nSPS) is 15.3. The summed E-state index contributed by atoms with van der Waals surface area (Å²) in [6, 6.07) is 0. The van der Waals surface area contributed by atoms with Crippen LogP contribution in [0.25, 0.3) is 0 Å². The van der Waals surface area contributed by atoms with Gasteiger partial charge in [-0.15, -0.1) is 0 Å². The van der Waals surface area contributed by atoms with Gasteiger partial charge in [-0.05, 0) is 12.3 Å². The Morgan fingerprint density at radius 3 is 2.58 bits per heavy atom. The molecule has 0 bridgehead atoms. The number of hydrogen-bond acceptors (Lipinski definition) is 4. The molecule has 0 aliphatic heterocycles. The SMILES string of the molecule is CC(=O)OC[C@@H](C)C[C@@H](O)CO. The number of hydrogen-bond donors (Lipinski definition) is 2. The first-order chi connectivity index (χ1) is 5.56. The number of ether oxygens (including phenoxy) is 1. The van der Waals surface area contributed by atoms with E-state index < -0.39 is 6.10 Å². The van der Waals surface area contributed by atoms with Crippen molar-refractivity contribution < 1.29 is 19.7 Å². The Morgan fingerprint density at radius 1 is 1.58 bits per heavy atom. The summed E-state index contributed by atoms with van der Waals surface area (Å²) in [5.41, 5.74) is 0. The Labute approximate surface area is 72.2 Å². The van der Waals surface area contributed by atoms with Crippen LogP contribution in [0.2, 0.25) is 0 Å². The van der Waals surface area contributed by atoms with Crippen molar-refractivity contribution >= 4 is 5.97 Å². The molecular formula is C8H16O4. The van der Waals surface area contributed by atoms with Crippen molar-refractivity contribution in [3.05, 3.63) is 0 Å². The summed E-state index contributed by atoms with van der Waals surface area (Å²) in [5.74, 6) is -0.239. The second kappa shape index (κ2) is 5.97. The minimum Gasteiger partial charge on any atom is -0.466 e. The topological polar surface area (TPSA) is 66.8 Å². The molecule has 0 heterocycles. The van der Waals surface area contributed by atoms with E-state index in [1.165, 1.54) is 6.92 Å². The molecule has 0 unspecified atom stereocenters. The lowest BCUT2D eigenvalue weighted by Gasteiger charge is -2.13. The molecule has 0 aliphatic carbocycles. The Hall–Kier alpha value is -0.610. The maximum absolute atomic E-state index is 10.4. The molecule has 12 heavy (non-hydrogen) atoms. The zero-order chi connectivity index (χ0) is 9.56. The standard InChI is InChI=1S/C8H16O4/c1-6(3-8(11)4-9)5-12-7(2)10/h6,8-9,11H,3-5H2,1-2H3/t6-,8+/m0/s1. The largest absolute Gasteiger partial charge is 0.466 e. The molecule has 0 aromatic heterocycles. The minimum absolute atomic E-state index is 0.0797. The van der Waals surface area contributed by atoms with Gasteiger partial charge in [0.2, 0.25) is 0 Å². The van der Waals surface area contributed by atoms with Gasteiger partial charge in [-0.2, -0.15) is 0 Å². The van der Waals surface area contributed by atoms with E-state index in [-0.39, 0.29) is 18.5 Å². The highest BCUT2D eigenvalue weighted by atomic mass is 16.5. The summed E-state index contributed by atoms with van der Waals surface area (Å²) in [6.45, 7) is 3.24. The van der Waals surface area contributed by atoms with Gasteiger partial charge in [0.1, 0.15) is 0 Å². The molecule has 0 aromatic rings. The van der Waals surface area contributed by atoms with E-state index in [2.05, 4.69) is 0 Å². The summed E-state index contributed by atoms with van der Waals surface area (Å²) in [4.78, 5) is 10.4. The van der Waals surface area contributed by atoms with Gasteiger partial charge in [0.05, 0.1) is 19.3 Å². The Bertz CT molecular complexity index is 135. The molecule has 0 aliphatic rings. The number of rotatable bonds is 5. The highest BCUT2D eigenvalue weighted by Crippen LogP contribution is 2.05. The monoisotopic (exact) mass is 176 g/mol. The van der Waals surface area contributed by atoms with Crippen LogP contribution >= 0.6 is 0 Å². The first-order valence-electron chi connectivity index (χ1n) is 3.98. The van der Waals surface area contributed by atoms with Crippen molar-refractivity contribution in [2.24, 2.45) is 5.92 Å². The fourth-order valence-corrected chi connectivity index (χ4v) is 0.867. The van der Waals surface area contributed by atoms with Gasteiger partial charge < -0.3 is 14.9 Å². The lowest BCUT2D eigenvalue weighted by molar-refractivity contribution is -0.142. The van der Waals surface area contributed by atoms with E-state index in [0.29, 0.717) is 13.0 Å². The summed E-state index contributed by atoms with van der Waals surface area (Å²) in [5, 5.41) is 17.5. The molecule has 4 nitrogen and oxygen atoms in total. The summed E-state index contributed by atoms with van der Waals surface area (Å²) < 4.78 is 4.72. The van der Waals surface area contributed by atoms with Gasteiger partial charge in [0.25, 0.3) is 0 Å². The molecule has 2 N–H and O–H groups in total. The molecule has 0 saturated carbocycles. The van der Waals surface area contributed by atoms with Crippen molar-refractivity contribution in [1.82, 2.24) is 0 Å². The smallest absolute Gasteiger partial charge is 0.302 e. The molecule has 72 valence electrons. The zero-order valence-electron chi connectivity index (χ0n) is 7.49. The fourth-order valence-electron chi connectivity index (χ4n) is 0.867. The van der Waals surface area contributed by atoms with E-state index in [1.807, 2.05) is 6.92 Å². The van der Waals surface area contributed by atoms with Gasteiger partial charge in [-0.25, -0.2) is 0 Å². The summed E-state index contributed by atoms with van der Waals surface area (Å²) in [7, 11) is 0. The predicted molar refractivity (Wildman–Crippen MR) is 43.5 cm³/mol. The maximum Gasteiger partial charge on any atom is 0.302 e. The molecule has 0 fully saturated rings. The number of carbonyl (C=O) groups excluding carboxylic acids is 1. The van der Waals surface area contributed by atoms with Crippen molar-refractivity contribution in [2.45, 2.75) is 26.4 Å². The quantitative estimate of drug-likeness (QED) is 0.575. The molecule has 0 amide bonds. The Balaban J connectivity index is 3.45. The molecule has 0 spiro atoms. The predicted octanol–water partition coefficient (Wildman–Crippen LogP) is -0.0711. The molecule has 4 heteroatoms. The van der Waals surface area contributed by atoms with E-state index in [9.17, 15) is 4.79 Å². The van der Waals surface area contributed by atoms with Gasteiger partial charge in [0.15, 0.2) is 0 Å². The first-order valence-corrected chi connectivity index (χ1v) is 3.98. The molecule has 0 rings (SSSR count). The van der Waals surface area contributed by atoms with Crippen LogP contribution < -0.4 is 0 Å². The zero-order valence-corrected chi connectivity index (χ0v) is 7.49. The van der Waals surface area contributed by atoms with Crippen molar-refractivity contribution in [3.63, 3.8) is 0 Å². The second-order valence-electron chi connectivity index (χ2n) is 2.98. The third kappa shape index (κ3) is 6.12. The lowest BCUT2D eigenvalue weighted by Crippen LogP contribution is -2.19. The minimum atomic E-state index is -0.712. The van der Waals surface area contributed by atoms with Crippen LogP contribution in [0.15, 0.2) is 0 Å². The van der Waals surface area contributed by atoms with Crippen molar-refractivity contribution in [2.75, 3.05) is 13.2 Å². The lowest BCUT2D eigenvalue weighted by atomic mass is 10.1. The van der Waals surface area contributed by atoms with Gasteiger partial charge in [-0.3, -0.25) is 4.79 Å². The average molecular weight is 176 g/mol. The third-order valence-corrected chi connectivity index (χ3v) is 1.46. The van der Waals surface area contributed by atoms with Crippen molar-refractivity contribution in [3.8, 4) is 0 Å². The Morgan fingerprint density at radius 2 is 2.17 bits per heavy atom. The number of aliphatic hydroxyl groups is 2. The van der Waals surface area contributed by atoms with Crippen LogP contribution in [0.5, 0.6) is 0 Å². The molecule has 0 aromatic carbocycles. The number of aliphatic hydroxyl groups excluding tert-OH is 2. The fraction of sp³-hybridized carbons (Fsp3) is 0.875. The van der Waals surface area contributed by atoms with Crippen LogP contribution in [-0.4, -0.2) is 35.5 Å². The van der Waals surface area contributed by atoms with Crippen LogP contribution in [0.1, 0.15) is 20.3 Å². The number of carbonyl (C=O) groups is 1. The van der Waals surface area contributed by atoms with E-state index in [0.717, 1.165) is 0 Å². The highest BCUT2D eigenvalue weighted by Gasteiger charge is 2.10. The number of esters is 1. The summed E-state index contributed by atoms with van der Waals surface area (Å²) >= 11 is 0. The van der Waals surface area contributed by atoms with Crippen LogP contribution in [0.4, 0.5) is 0 Å². The average Bonchev–Trinajstić information content (AvgIpc) is 2.00. The van der Waals surface area contributed by atoms with Gasteiger partial charge in [0, 0.05) is 6.92 Å². The molecular weight excluding hydrogens is 160 g/mol. The molecule has 0 saturated heterocycles. The Kier molecular flexibility index (Phi) is 5.66. The van der Waals surface area contributed by atoms with E-state index >= 15 is 0 Å². The van der Waals surface area contributed by atoms with Gasteiger partial charge >= 0.3 is 5.97 Å². The molecule has 0 radical (unpaired) electrons. The molecule has 2 atom stereocenters. The first kappa shape index (κ1) is 11.4. The van der Waals surface area contributed by atoms with E-state index in [4.69, 9.17) is 14.9 Å². The maximum atomic E-state index is 10.4. The van der Waals surface area contributed by atoms with Gasteiger partial charge in [-0.1, -0.05) is 6.92 Å². The highest BCUT2D eigenvalue weighted by molar-refractivity contribution is 5.65. The van der Waals surface area contributed by atoms with Crippen molar-refractivity contribution in [1.29, 1.82) is 0 Å². The third-order valence-electron chi connectivity index (χ3n) is 1.46. The van der Waals surface area contributed by atoms with Crippen LogP contribution in [0, 0.1) is 5.92 Å². The van der Waals surface area contributed by atoms with Crippen LogP contribution in [0.3, 0.4) is 0 Å². The van der Waals surface area contributed by atoms with E-state index in [1.54, 1.807) is 0 Å².